The second kappa shape index (κ2) is 6.77. The van der Waals surface area contributed by atoms with Crippen LogP contribution in [0.5, 0.6) is 0 Å². The lowest BCUT2D eigenvalue weighted by Gasteiger charge is -2.31. The molecule has 2 aromatic carbocycles. The topological polar surface area (TPSA) is 15.3 Å². The molecule has 0 radical (unpaired) electrons. The van der Waals surface area contributed by atoms with Crippen LogP contribution in [-0.4, -0.2) is 19.6 Å². The fourth-order valence-corrected chi connectivity index (χ4v) is 3.12. The van der Waals surface area contributed by atoms with Gasteiger partial charge in [-0.25, -0.2) is 0 Å². The molecule has 1 atom stereocenters. The van der Waals surface area contributed by atoms with E-state index in [4.69, 9.17) is 0 Å². The number of nitrogens with zero attached hydrogens (tertiary/aromatic N) is 1. The molecule has 0 aromatic heterocycles. The van der Waals surface area contributed by atoms with Crippen LogP contribution >= 0.6 is 0 Å². The SMILES string of the molecule is CC(NCCN1CCCc2ccccc21)c1ccccc1. The zero-order valence-corrected chi connectivity index (χ0v) is 12.8. The molecule has 1 aliphatic heterocycles. The van der Waals surface area contributed by atoms with E-state index in [0.717, 1.165) is 13.1 Å². The van der Waals surface area contributed by atoms with Crippen molar-refractivity contribution in [3.8, 4) is 0 Å². The van der Waals surface area contributed by atoms with Crippen molar-refractivity contribution in [3.05, 3.63) is 65.7 Å². The minimum atomic E-state index is 0.409. The Morgan fingerprint density at radius 3 is 2.67 bits per heavy atom. The average molecular weight is 280 g/mol. The van der Waals surface area contributed by atoms with E-state index in [1.165, 1.54) is 36.2 Å². The van der Waals surface area contributed by atoms with E-state index in [1.807, 2.05) is 0 Å². The molecule has 3 rings (SSSR count). The Balaban J connectivity index is 1.55. The van der Waals surface area contributed by atoms with Crippen LogP contribution in [0.2, 0.25) is 0 Å². The molecule has 2 heteroatoms. The summed E-state index contributed by atoms with van der Waals surface area (Å²) in [5, 5.41) is 3.64. The van der Waals surface area contributed by atoms with Gasteiger partial charge in [-0.15, -0.1) is 0 Å². The van der Waals surface area contributed by atoms with Gasteiger partial charge in [0.05, 0.1) is 0 Å². The Morgan fingerprint density at radius 1 is 1.05 bits per heavy atom. The van der Waals surface area contributed by atoms with Crippen molar-refractivity contribution in [1.29, 1.82) is 0 Å². The Kier molecular flexibility index (Phi) is 4.56. The molecule has 21 heavy (non-hydrogen) atoms. The van der Waals surface area contributed by atoms with Gasteiger partial charge in [-0.3, -0.25) is 0 Å². The third kappa shape index (κ3) is 3.45. The second-order valence-electron chi connectivity index (χ2n) is 5.81. The predicted molar refractivity (Wildman–Crippen MR) is 89.8 cm³/mol. The van der Waals surface area contributed by atoms with Crippen LogP contribution in [-0.2, 0) is 6.42 Å². The summed E-state index contributed by atoms with van der Waals surface area (Å²) in [6.07, 6.45) is 2.49. The van der Waals surface area contributed by atoms with Crippen LogP contribution in [0, 0.1) is 0 Å². The summed E-state index contributed by atoms with van der Waals surface area (Å²) in [6.45, 7) is 5.51. The van der Waals surface area contributed by atoms with Gasteiger partial charge in [0.15, 0.2) is 0 Å². The van der Waals surface area contributed by atoms with Gasteiger partial charge in [0.2, 0.25) is 0 Å². The molecule has 0 amide bonds. The van der Waals surface area contributed by atoms with Gasteiger partial charge in [0.25, 0.3) is 0 Å². The predicted octanol–water partition coefficient (Wildman–Crippen LogP) is 3.79. The Labute approximate surface area is 127 Å². The summed E-state index contributed by atoms with van der Waals surface area (Å²) in [7, 11) is 0. The van der Waals surface area contributed by atoms with Gasteiger partial charge < -0.3 is 10.2 Å². The first kappa shape index (κ1) is 14.2. The number of benzene rings is 2. The van der Waals surface area contributed by atoms with E-state index in [0.29, 0.717) is 6.04 Å². The fourth-order valence-electron chi connectivity index (χ4n) is 3.12. The summed E-state index contributed by atoms with van der Waals surface area (Å²) in [4.78, 5) is 2.52. The number of nitrogens with one attached hydrogen (secondary N) is 1. The van der Waals surface area contributed by atoms with Crippen molar-refractivity contribution < 1.29 is 0 Å². The maximum atomic E-state index is 3.64. The summed E-state index contributed by atoms with van der Waals surface area (Å²) in [6, 6.07) is 19.9. The molecule has 0 saturated heterocycles. The van der Waals surface area contributed by atoms with Crippen molar-refractivity contribution in [2.45, 2.75) is 25.8 Å². The first-order chi connectivity index (χ1) is 10.3. The number of hydrogen-bond donors (Lipinski definition) is 1. The first-order valence-corrected chi connectivity index (χ1v) is 7.96. The molecule has 0 bridgehead atoms. The van der Waals surface area contributed by atoms with Crippen molar-refractivity contribution >= 4 is 5.69 Å². The monoisotopic (exact) mass is 280 g/mol. The molecule has 2 nitrogen and oxygen atoms in total. The number of para-hydroxylation sites is 1. The second-order valence-corrected chi connectivity index (χ2v) is 5.81. The van der Waals surface area contributed by atoms with Crippen molar-refractivity contribution in [2.24, 2.45) is 0 Å². The zero-order chi connectivity index (χ0) is 14.5. The number of hydrogen-bond acceptors (Lipinski definition) is 2. The average Bonchev–Trinajstić information content (AvgIpc) is 2.56. The van der Waals surface area contributed by atoms with E-state index in [9.17, 15) is 0 Å². The van der Waals surface area contributed by atoms with Gasteiger partial charge >= 0.3 is 0 Å². The van der Waals surface area contributed by atoms with Crippen LogP contribution < -0.4 is 10.2 Å². The molecule has 1 N–H and O–H groups in total. The number of anilines is 1. The van der Waals surface area contributed by atoms with Gasteiger partial charge in [-0.05, 0) is 37.0 Å². The largest absolute Gasteiger partial charge is 0.370 e. The maximum absolute atomic E-state index is 3.64. The standard InChI is InChI=1S/C19H24N2/c1-16(17-8-3-2-4-9-17)20-13-15-21-14-7-11-18-10-5-6-12-19(18)21/h2-6,8-10,12,16,20H,7,11,13-15H2,1H3. The van der Waals surface area contributed by atoms with Crippen molar-refractivity contribution in [3.63, 3.8) is 0 Å². The summed E-state index contributed by atoms with van der Waals surface area (Å²) in [5.41, 5.74) is 4.29. The molecule has 0 spiro atoms. The highest BCUT2D eigenvalue weighted by Gasteiger charge is 2.15. The quantitative estimate of drug-likeness (QED) is 0.896. The molecule has 1 unspecified atom stereocenters. The van der Waals surface area contributed by atoms with Gasteiger partial charge in [0, 0.05) is 31.4 Å². The smallest absolute Gasteiger partial charge is 0.0399 e. The molecule has 1 aliphatic rings. The molecule has 0 saturated carbocycles. The van der Waals surface area contributed by atoms with E-state index in [2.05, 4.69) is 71.7 Å². The lowest BCUT2D eigenvalue weighted by atomic mass is 10.0. The Bertz CT molecular complexity index is 565. The van der Waals surface area contributed by atoms with Crippen LogP contribution in [0.3, 0.4) is 0 Å². The molecule has 1 heterocycles. The number of aryl methyl sites for hydroxylation is 1. The van der Waals surface area contributed by atoms with Crippen molar-refractivity contribution in [1.82, 2.24) is 5.32 Å². The lowest BCUT2D eigenvalue weighted by Crippen LogP contribution is -2.36. The molecular formula is C19H24N2. The zero-order valence-electron chi connectivity index (χ0n) is 12.8. The van der Waals surface area contributed by atoms with Crippen molar-refractivity contribution in [2.75, 3.05) is 24.5 Å². The number of rotatable bonds is 5. The van der Waals surface area contributed by atoms with E-state index >= 15 is 0 Å². The Hall–Kier alpha value is -1.80. The highest BCUT2D eigenvalue weighted by molar-refractivity contribution is 5.55. The van der Waals surface area contributed by atoms with Crippen LogP contribution in [0.1, 0.15) is 30.5 Å². The highest BCUT2D eigenvalue weighted by atomic mass is 15.2. The molecule has 110 valence electrons. The van der Waals surface area contributed by atoms with E-state index in [-0.39, 0.29) is 0 Å². The van der Waals surface area contributed by atoms with E-state index in [1.54, 1.807) is 0 Å². The normalized spacial score (nSPS) is 15.6. The third-order valence-electron chi connectivity index (χ3n) is 4.34. The lowest BCUT2D eigenvalue weighted by molar-refractivity contribution is 0.561. The van der Waals surface area contributed by atoms with Gasteiger partial charge in [-0.2, -0.15) is 0 Å². The molecular weight excluding hydrogens is 256 g/mol. The third-order valence-corrected chi connectivity index (χ3v) is 4.34. The minimum Gasteiger partial charge on any atom is -0.370 e. The van der Waals surface area contributed by atoms with E-state index < -0.39 is 0 Å². The van der Waals surface area contributed by atoms with Crippen LogP contribution in [0.15, 0.2) is 54.6 Å². The Morgan fingerprint density at radius 2 is 1.81 bits per heavy atom. The summed E-state index contributed by atoms with van der Waals surface area (Å²) < 4.78 is 0. The highest BCUT2D eigenvalue weighted by Crippen LogP contribution is 2.26. The summed E-state index contributed by atoms with van der Waals surface area (Å²) >= 11 is 0. The molecule has 0 aliphatic carbocycles. The number of fused-ring (bicyclic) bond motifs is 1. The minimum absolute atomic E-state index is 0.409. The molecule has 0 fully saturated rings. The first-order valence-electron chi connectivity index (χ1n) is 7.96. The fraction of sp³-hybridized carbons (Fsp3) is 0.368. The van der Waals surface area contributed by atoms with Crippen LogP contribution in [0.4, 0.5) is 5.69 Å². The van der Waals surface area contributed by atoms with Gasteiger partial charge in [-0.1, -0.05) is 48.5 Å². The summed E-state index contributed by atoms with van der Waals surface area (Å²) in [5.74, 6) is 0. The molecule has 2 aromatic rings. The van der Waals surface area contributed by atoms with Crippen LogP contribution in [0.25, 0.3) is 0 Å². The van der Waals surface area contributed by atoms with Gasteiger partial charge in [0.1, 0.15) is 0 Å². The maximum Gasteiger partial charge on any atom is 0.0399 e.